The van der Waals surface area contributed by atoms with Crippen molar-refractivity contribution >= 4 is 8.72 Å². The van der Waals surface area contributed by atoms with Crippen molar-refractivity contribution in [1.82, 2.24) is 4.98 Å². The molecule has 92 valence electrons. The summed E-state index contributed by atoms with van der Waals surface area (Å²) >= 11 is 0. The summed E-state index contributed by atoms with van der Waals surface area (Å²) in [6.45, 7) is 12.3. The predicted octanol–water partition coefficient (Wildman–Crippen LogP) is 2.80. The molecule has 0 saturated heterocycles. The first-order chi connectivity index (χ1) is 7.08. The van der Waals surface area contributed by atoms with E-state index in [4.69, 9.17) is 8.85 Å². The lowest BCUT2D eigenvalue weighted by molar-refractivity contribution is 0.159. The molecular formula is C11H27NO2Si. The van der Waals surface area contributed by atoms with Gasteiger partial charge < -0.3 is 8.85 Å². The lowest BCUT2D eigenvalue weighted by Gasteiger charge is -2.30. The fraction of sp³-hybridized carbons (Fsp3) is 1.00. The zero-order valence-electron chi connectivity index (χ0n) is 10.9. The second kappa shape index (κ2) is 8.27. The highest BCUT2D eigenvalue weighted by molar-refractivity contribution is 6.63. The molecule has 1 N–H and O–H groups in total. The molecule has 0 bridgehead atoms. The summed E-state index contributed by atoms with van der Waals surface area (Å²) in [5, 5.41) is 0. The Hall–Kier alpha value is 0.0969. The van der Waals surface area contributed by atoms with Crippen LogP contribution in [0.4, 0.5) is 0 Å². The zero-order valence-corrected chi connectivity index (χ0v) is 11.9. The molecule has 0 spiro atoms. The van der Waals surface area contributed by atoms with Gasteiger partial charge in [0.05, 0.1) is 0 Å². The van der Waals surface area contributed by atoms with Crippen LogP contribution in [0.25, 0.3) is 0 Å². The molecule has 4 heteroatoms. The molecule has 0 aliphatic rings. The second-order valence-corrected chi connectivity index (χ2v) is 6.85. The minimum atomic E-state index is -2.13. The van der Waals surface area contributed by atoms with Crippen LogP contribution in [-0.4, -0.2) is 28.0 Å². The van der Waals surface area contributed by atoms with Crippen LogP contribution in [0.5, 0.6) is 0 Å². The smallest absolute Gasteiger partial charge is 0.383 e. The molecule has 3 nitrogen and oxygen atoms in total. The first kappa shape index (κ1) is 15.1. The third-order valence-corrected chi connectivity index (χ3v) is 4.81. The van der Waals surface area contributed by atoms with Crippen molar-refractivity contribution in [2.75, 3.05) is 13.2 Å². The summed E-state index contributed by atoms with van der Waals surface area (Å²) in [4.78, 5) is 3.51. The average Bonchev–Trinajstić information content (AvgIpc) is 2.23. The highest BCUT2D eigenvalue weighted by Gasteiger charge is 2.32. The maximum Gasteiger partial charge on any atom is 0.422 e. The molecule has 0 radical (unpaired) electrons. The van der Waals surface area contributed by atoms with E-state index in [1.807, 2.05) is 0 Å². The molecule has 1 atom stereocenters. The van der Waals surface area contributed by atoms with Crippen molar-refractivity contribution < 1.29 is 8.85 Å². The Bertz CT molecular complexity index is 148. The molecule has 0 fully saturated rings. The van der Waals surface area contributed by atoms with E-state index in [9.17, 15) is 0 Å². The van der Waals surface area contributed by atoms with Crippen LogP contribution in [0, 0.1) is 0 Å². The average molecular weight is 233 g/mol. The first-order valence-electron chi connectivity index (χ1n) is 6.13. The fourth-order valence-electron chi connectivity index (χ4n) is 1.27. The van der Waals surface area contributed by atoms with Gasteiger partial charge in [-0.25, -0.2) is 0 Å². The van der Waals surface area contributed by atoms with E-state index >= 15 is 0 Å². The normalized spacial score (nSPS) is 14.2. The van der Waals surface area contributed by atoms with Gasteiger partial charge in [0, 0.05) is 19.3 Å². The van der Waals surface area contributed by atoms with E-state index in [2.05, 4.69) is 39.2 Å². The third-order valence-electron chi connectivity index (χ3n) is 2.28. The molecular weight excluding hydrogens is 206 g/mol. The Kier molecular flexibility index (Phi) is 8.33. The Morgan fingerprint density at radius 3 is 1.87 bits per heavy atom. The van der Waals surface area contributed by atoms with Gasteiger partial charge in [0.1, 0.15) is 0 Å². The molecule has 0 aliphatic heterocycles. The van der Waals surface area contributed by atoms with Gasteiger partial charge in [0.25, 0.3) is 0 Å². The first-order valence-corrected chi connectivity index (χ1v) is 8.45. The monoisotopic (exact) mass is 233 g/mol. The van der Waals surface area contributed by atoms with Gasteiger partial charge in [-0.2, -0.15) is 0 Å². The molecule has 0 amide bonds. The van der Waals surface area contributed by atoms with Crippen LogP contribution in [0.1, 0.15) is 47.0 Å². The standard InChI is InChI=1S/C11H27NO2Si/c1-6-9-13-15(5,14-10-7-2)12-11(4)8-3/h11-12H,6-10H2,1-5H3. The van der Waals surface area contributed by atoms with E-state index < -0.39 is 8.72 Å². The lowest BCUT2D eigenvalue weighted by Crippen LogP contribution is -2.57. The van der Waals surface area contributed by atoms with Gasteiger partial charge >= 0.3 is 8.72 Å². The van der Waals surface area contributed by atoms with Crippen molar-refractivity contribution in [3.63, 3.8) is 0 Å². The molecule has 0 saturated carbocycles. The highest BCUT2D eigenvalue weighted by atomic mass is 28.4. The molecule has 0 aromatic heterocycles. The van der Waals surface area contributed by atoms with Gasteiger partial charge in [-0.05, 0) is 25.8 Å². The van der Waals surface area contributed by atoms with Crippen LogP contribution in [0.3, 0.4) is 0 Å². The summed E-state index contributed by atoms with van der Waals surface area (Å²) in [5.74, 6) is 0. The maximum absolute atomic E-state index is 5.86. The van der Waals surface area contributed by atoms with Gasteiger partial charge in [-0.1, -0.05) is 27.7 Å². The highest BCUT2D eigenvalue weighted by Crippen LogP contribution is 2.07. The Labute approximate surface area is 95.9 Å². The van der Waals surface area contributed by atoms with Crippen LogP contribution in [0.2, 0.25) is 6.55 Å². The van der Waals surface area contributed by atoms with Gasteiger partial charge in [-0.15, -0.1) is 0 Å². The van der Waals surface area contributed by atoms with Gasteiger partial charge in [0.2, 0.25) is 0 Å². The SMILES string of the molecule is CCCO[Si](C)(NC(C)CC)OCCC. The van der Waals surface area contributed by atoms with Crippen molar-refractivity contribution in [3.05, 3.63) is 0 Å². The third kappa shape index (κ3) is 7.06. The van der Waals surface area contributed by atoms with Crippen molar-refractivity contribution in [1.29, 1.82) is 0 Å². The summed E-state index contributed by atoms with van der Waals surface area (Å²) in [6.07, 6.45) is 3.19. The topological polar surface area (TPSA) is 30.5 Å². The fourth-order valence-corrected chi connectivity index (χ4v) is 3.80. The summed E-state index contributed by atoms with van der Waals surface area (Å²) in [5.41, 5.74) is 0. The van der Waals surface area contributed by atoms with Crippen LogP contribution >= 0.6 is 0 Å². The number of rotatable bonds is 9. The minimum absolute atomic E-state index is 0.468. The van der Waals surface area contributed by atoms with E-state index in [-0.39, 0.29) is 0 Å². The van der Waals surface area contributed by atoms with Gasteiger partial charge in [0.15, 0.2) is 0 Å². The van der Waals surface area contributed by atoms with Gasteiger partial charge in [-0.3, -0.25) is 4.98 Å². The van der Waals surface area contributed by atoms with E-state index in [0.717, 1.165) is 32.5 Å². The second-order valence-electron chi connectivity index (χ2n) is 4.10. The molecule has 0 aromatic rings. The number of nitrogens with one attached hydrogen (secondary N) is 1. The molecule has 0 heterocycles. The number of hydrogen-bond acceptors (Lipinski definition) is 3. The van der Waals surface area contributed by atoms with Crippen molar-refractivity contribution in [3.8, 4) is 0 Å². The largest absolute Gasteiger partial charge is 0.422 e. The molecule has 0 rings (SSSR count). The minimum Gasteiger partial charge on any atom is -0.383 e. The molecule has 15 heavy (non-hydrogen) atoms. The molecule has 0 aliphatic carbocycles. The molecule has 1 unspecified atom stereocenters. The summed E-state index contributed by atoms with van der Waals surface area (Å²) < 4.78 is 11.7. The summed E-state index contributed by atoms with van der Waals surface area (Å²) in [7, 11) is -2.13. The van der Waals surface area contributed by atoms with Crippen LogP contribution < -0.4 is 4.98 Å². The van der Waals surface area contributed by atoms with E-state index in [1.165, 1.54) is 0 Å². The van der Waals surface area contributed by atoms with Crippen molar-refractivity contribution in [2.24, 2.45) is 0 Å². The van der Waals surface area contributed by atoms with Crippen LogP contribution in [-0.2, 0) is 8.85 Å². The van der Waals surface area contributed by atoms with E-state index in [1.54, 1.807) is 0 Å². The maximum atomic E-state index is 5.86. The Morgan fingerprint density at radius 2 is 1.53 bits per heavy atom. The molecule has 0 aromatic carbocycles. The Morgan fingerprint density at radius 1 is 1.07 bits per heavy atom. The number of hydrogen-bond donors (Lipinski definition) is 1. The predicted molar refractivity (Wildman–Crippen MR) is 67.0 cm³/mol. The summed E-state index contributed by atoms with van der Waals surface area (Å²) in [6, 6.07) is 0.468. The quantitative estimate of drug-likeness (QED) is 0.621. The van der Waals surface area contributed by atoms with Crippen molar-refractivity contribution in [2.45, 2.75) is 59.5 Å². The zero-order chi connectivity index (χ0) is 11.7. The lowest BCUT2D eigenvalue weighted by atomic mass is 10.3. The van der Waals surface area contributed by atoms with Crippen LogP contribution in [0.15, 0.2) is 0 Å². The Balaban J connectivity index is 4.12. The van der Waals surface area contributed by atoms with E-state index in [0.29, 0.717) is 6.04 Å².